The van der Waals surface area contributed by atoms with Gasteiger partial charge < -0.3 is 15.8 Å². The summed E-state index contributed by atoms with van der Waals surface area (Å²) in [6.07, 6.45) is 4.54. The fourth-order valence-electron chi connectivity index (χ4n) is 2.21. The van der Waals surface area contributed by atoms with E-state index >= 15 is 0 Å². The molecule has 1 aliphatic rings. The largest absolute Gasteiger partial charge is 0.454 e. The Hall–Kier alpha value is -2.34. The van der Waals surface area contributed by atoms with Crippen molar-refractivity contribution in [3.05, 3.63) is 36.2 Å². The summed E-state index contributed by atoms with van der Waals surface area (Å²) in [5.41, 5.74) is 7.27. The summed E-state index contributed by atoms with van der Waals surface area (Å²) < 4.78 is 7.56. The van der Waals surface area contributed by atoms with Crippen molar-refractivity contribution < 1.29 is 9.53 Å². The molecule has 3 N–H and O–H groups in total. The number of hydrogen-bond acceptors (Lipinski definition) is 4. The van der Waals surface area contributed by atoms with E-state index in [0.717, 1.165) is 18.5 Å². The van der Waals surface area contributed by atoms with E-state index in [4.69, 9.17) is 10.5 Å². The summed E-state index contributed by atoms with van der Waals surface area (Å²) in [5, 5.41) is 6.93. The molecule has 6 heteroatoms. The lowest BCUT2D eigenvalue weighted by atomic mass is 10.1. The van der Waals surface area contributed by atoms with Gasteiger partial charge in [-0.05, 0) is 12.5 Å². The average molecular weight is 272 g/mol. The van der Waals surface area contributed by atoms with Crippen molar-refractivity contribution in [3.8, 4) is 11.5 Å². The lowest BCUT2D eigenvalue weighted by Gasteiger charge is -2.06. The van der Waals surface area contributed by atoms with E-state index in [-0.39, 0.29) is 5.91 Å². The molecule has 1 atom stereocenters. The number of fused-ring (bicyclic) bond motifs is 1. The van der Waals surface area contributed by atoms with Crippen LogP contribution in [0.2, 0.25) is 0 Å². The van der Waals surface area contributed by atoms with E-state index in [1.54, 1.807) is 18.3 Å². The summed E-state index contributed by atoms with van der Waals surface area (Å²) >= 11 is 0. The Kier molecular flexibility index (Phi) is 3.15. The molecule has 1 aliphatic heterocycles. The van der Waals surface area contributed by atoms with Crippen molar-refractivity contribution >= 4 is 11.6 Å². The van der Waals surface area contributed by atoms with Gasteiger partial charge in [0.25, 0.3) is 0 Å². The highest BCUT2D eigenvalue weighted by Crippen LogP contribution is 2.33. The third-order valence-electron chi connectivity index (χ3n) is 3.20. The SMILES string of the molecule is CCCn1cc(Oc2ccc3c(c2)NC(=O)C3N)cn1. The number of nitrogens with one attached hydrogen (secondary N) is 1. The normalized spacial score (nSPS) is 16.9. The van der Waals surface area contributed by atoms with E-state index in [1.165, 1.54) is 0 Å². The van der Waals surface area contributed by atoms with Gasteiger partial charge in [0.05, 0.1) is 12.4 Å². The number of carbonyl (C=O) groups is 1. The zero-order valence-corrected chi connectivity index (χ0v) is 11.2. The molecule has 2 heterocycles. The van der Waals surface area contributed by atoms with Crippen molar-refractivity contribution in [2.45, 2.75) is 25.9 Å². The highest BCUT2D eigenvalue weighted by molar-refractivity contribution is 6.02. The predicted octanol–water partition coefficient (Wildman–Crippen LogP) is 2.04. The van der Waals surface area contributed by atoms with Gasteiger partial charge in [-0.25, -0.2) is 0 Å². The van der Waals surface area contributed by atoms with Gasteiger partial charge in [0.1, 0.15) is 11.8 Å². The number of ether oxygens (including phenoxy) is 1. The molecule has 1 amide bonds. The number of anilines is 1. The molecule has 1 unspecified atom stereocenters. The molecule has 104 valence electrons. The maximum Gasteiger partial charge on any atom is 0.245 e. The minimum Gasteiger partial charge on any atom is -0.454 e. The van der Waals surface area contributed by atoms with Crippen LogP contribution in [0.4, 0.5) is 5.69 Å². The van der Waals surface area contributed by atoms with Crippen molar-refractivity contribution in [1.29, 1.82) is 0 Å². The van der Waals surface area contributed by atoms with Gasteiger partial charge in [-0.3, -0.25) is 9.48 Å². The first kappa shape index (κ1) is 12.7. The lowest BCUT2D eigenvalue weighted by Crippen LogP contribution is -2.19. The highest BCUT2D eigenvalue weighted by Gasteiger charge is 2.27. The zero-order valence-electron chi connectivity index (χ0n) is 11.2. The summed E-state index contributed by atoms with van der Waals surface area (Å²) in [4.78, 5) is 11.5. The molecule has 0 fully saturated rings. The van der Waals surface area contributed by atoms with Gasteiger partial charge in [-0.1, -0.05) is 13.0 Å². The van der Waals surface area contributed by atoms with Gasteiger partial charge in [0, 0.05) is 23.9 Å². The van der Waals surface area contributed by atoms with Crippen molar-refractivity contribution in [2.24, 2.45) is 5.73 Å². The molecule has 1 aromatic carbocycles. The molecule has 1 aromatic heterocycles. The second kappa shape index (κ2) is 4.97. The van der Waals surface area contributed by atoms with E-state index in [1.807, 2.05) is 16.9 Å². The smallest absolute Gasteiger partial charge is 0.245 e. The molecule has 0 saturated carbocycles. The fourth-order valence-corrected chi connectivity index (χ4v) is 2.21. The number of aryl methyl sites for hydroxylation is 1. The Balaban J connectivity index is 1.78. The number of hydrogen-bond donors (Lipinski definition) is 2. The number of nitrogens with two attached hydrogens (primary N) is 1. The third kappa shape index (κ3) is 2.25. The molecular formula is C14H16N4O2. The number of benzene rings is 1. The predicted molar refractivity (Wildman–Crippen MR) is 74.6 cm³/mol. The van der Waals surface area contributed by atoms with Crippen LogP contribution in [0, 0.1) is 0 Å². The minimum atomic E-state index is -0.591. The number of rotatable bonds is 4. The lowest BCUT2D eigenvalue weighted by molar-refractivity contribution is -0.116. The second-order valence-electron chi connectivity index (χ2n) is 4.76. The summed E-state index contributed by atoms with van der Waals surface area (Å²) in [5.74, 6) is 1.13. The van der Waals surface area contributed by atoms with Crippen molar-refractivity contribution in [1.82, 2.24) is 9.78 Å². The molecule has 0 saturated heterocycles. The topological polar surface area (TPSA) is 82.2 Å². The molecule has 20 heavy (non-hydrogen) atoms. The molecular weight excluding hydrogens is 256 g/mol. The number of carbonyl (C=O) groups excluding carboxylic acids is 1. The summed E-state index contributed by atoms with van der Waals surface area (Å²) in [7, 11) is 0. The Labute approximate surface area is 116 Å². The zero-order chi connectivity index (χ0) is 14.1. The van der Waals surface area contributed by atoms with Crippen LogP contribution >= 0.6 is 0 Å². The molecule has 2 aromatic rings. The molecule has 6 nitrogen and oxygen atoms in total. The molecule has 0 radical (unpaired) electrons. The van der Waals surface area contributed by atoms with Gasteiger partial charge in [-0.2, -0.15) is 5.10 Å². The summed E-state index contributed by atoms with van der Waals surface area (Å²) in [6.45, 7) is 2.95. The Morgan fingerprint density at radius 1 is 1.45 bits per heavy atom. The van der Waals surface area contributed by atoms with Crippen molar-refractivity contribution in [3.63, 3.8) is 0 Å². The summed E-state index contributed by atoms with van der Waals surface area (Å²) in [6, 6.07) is 4.79. The first-order chi connectivity index (χ1) is 9.67. The van der Waals surface area contributed by atoms with Crippen LogP contribution in [0.25, 0.3) is 0 Å². The second-order valence-corrected chi connectivity index (χ2v) is 4.76. The van der Waals surface area contributed by atoms with E-state index in [2.05, 4.69) is 17.3 Å². The molecule has 0 spiro atoms. The van der Waals surface area contributed by atoms with Crippen LogP contribution in [0.3, 0.4) is 0 Å². The van der Waals surface area contributed by atoms with Crippen LogP contribution in [0.5, 0.6) is 11.5 Å². The maximum absolute atomic E-state index is 11.5. The Morgan fingerprint density at radius 2 is 2.30 bits per heavy atom. The first-order valence-corrected chi connectivity index (χ1v) is 6.58. The number of aromatic nitrogens is 2. The van der Waals surface area contributed by atoms with Crippen LogP contribution in [-0.2, 0) is 11.3 Å². The van der Waals surface area contributed by atoms with Crippen LogP contribution in [0.15, 0.2) is 30.6 Å². The van der Waals surface area contributed by atoms with Gasteiger partial charge in [0.15, 0.2) is 5.75 Å². The average Bonchev–Trinajstić information content (AvgIpc) is 2.96. The standard InChI is InChI=1S/C14H16N4O2/c1-2-5-18-8-10(7-16-18)20-9-3-4-11-12(6-9)17-14(19)13(11)15/h3-4,6-8,13H,2,5,15H2,1H3,(H,17,19). The number of nitrogens with zero attached hydrogens (tertiary/aromatic N) is 2. The van der Waals surface area contributed by atoms with Gasteiger partial charge in [-0.15, -0.1) is 0 Å². The van der Waals surface area contributed by atoms with Crippen LogP contribution in [0.1, 0.15) is 24.9 Å². The fraction of sp³-hybridized carbons (Fsp3) is 0.286. The maximum atomic E-state index is 11.5. The monoisotopic (exact) mass is 272 g/mol. The Bertz CT molecular complexity index is 650. The van der Waals surface area contributed by atoms with E-state index in [9.17, 15) is 4.79 Å². The van der Waals surface area contributed by atoms with Crippen LogP contribution in [-0.4, -0.2) is 15.7 Å². The minimum absolute atomic E-state index is 0.187. The first-order valence-electron chi connectivity index (χ1n) is 6.58. The van der Waals surface area contributed by atoms with Gasteiger partial charge in [0.2, 0.25) is 5.91 Å². The van der Waals surface area contributed by atoms with Crippen LogP contribution < -0.4 is 15.8 Å². The molecule has 0 aliphatic carbocycles. The molecule has 3 rings (SSSR count). The molecule has 0 bridgehead atoms. The van der Waals surface area contributed by atoms with E-state index in [0.29, 0.717) is 17.2 Å². The Morgan fingerprint density at radius 3 is 3.10 bits per heavy atom. The highest BCUT2D eigenvalue weighted by atomic mass is 16.5. The van der Waals surface area contributed by atoms with Crippen molar-refractivity contribution in [2.75, 3.05) is 5.32 Å². The number of amides is 1. The van der Waals surface area contributed by atoms with Gasteiger partial charge >= 0.3 is 0 Å². The third-order valence-corrected chi connectivity index (χ3v) is 3.20. The quantitative estimate of drug-likeness (QED) is 0.892. The van der Waals surface area contributed by atoms with E-state index < -0.39 is 6.04 Å².